The predicted octanol–water partition coefficient (Wildman–Crippen LogP) is 2.43. The zero-order valence-corrected chi connectivity index (χ0v) is 15.7. The number of pyridine rings is 1. The third-order valence-corrected chi connectivity index (χ3v) is 5.64. The Morgan fingerprint density at radius 1 is 1.24 bits per heavy atom. The fourth-order valence-electron chi connectivity index (χ4n) is 4.08. The van der Waals surface area contributed by atoms with Crippen LogP contribution in [-0.2, 0) is 11.3 Å². The molecule has 2 fully saturated rings. The van der Waals surface area contributed by atoms with Crippen LogP contribution in [0.25, 0.3) is 0 Å². The van der Waals surface area contributed by atoms with Gasteiger partial charge in [0.15, 0.2) is 0 Å². The van der Waals surface area contributed by atoms with Crippen LogP contribution in [0.1, 0.15) is 51.6 Å². The van der Waals surface area contributed by atoms with Gasteiger partial charge >= 0.3 is 0 Å². The molecule has 5 heteroatoms. The van der Waals surface area contributed by atoms with Crippen molar-refractivity contribution >= 4 is 5.91 Å². The lowest BCUT2D eigenvalue weighted by atomic mass is 10.0. The topological polar surface area (TPSA) is 48.5 Å². The molecule has 2 aliphatic heterocycles. The molecule has 5 nitrogen and oxygen atoms in total. The van der Waals surface area contributed by atoms with Crippen LogP contribution in [-0.4, -0.2) is 58.5 Å². The Labute approximate surface area is 151 Å². The minimum Gasteiger partial charge on any atom is -0.339 e. The average Bonchev–Trinajstić information content (AvgIpc) is 2.64. The van der Waals surface area contributed by atoms with Crippen molar-refractivity contribution in [1.29, 1.82) is 0 Å². The fraction of sp³-hybridized carbons (Fsp3) is 0.700. The maximum atomic E-state index is 12.7. The normalized spacial score (nSPS) is 24.2. The fourth-order valence-corrected chi connectivity index (χ4v) is 4.08. The molecule has 3 rings (SSSR count). The van der Waals surface area contributed by atoms with Crippen molar-refractivity contribution in [1.82, 2.24) is 20.1 Å². The van der Waals surface area contributed by atoms with Crippen molar-refractivity contribution in [3.05, 3.63) is 30.1 Å². The quantitative estimate of drug-likeness (QED) is 0.891. The van der Waals surface area contributed by atoms with E-state index in [0.29, 0.717) is 12.1 Å². The smallest absolute Gasteiger partial charge is 0.239 e. The Hall–Kier alpha value is -1.46. The molecule has 1 aromatic heterocycles. The van der Waals surface area contributed by atoms with Gasteiger partial charge in [-0.1, -0.05) is 6.07 Å². The summed E-state index contributed by atoms with van der Waals surface area (Å²) in [7, 11) is 0. The third-order valence-electron chi connectivity index (χ3n) is 5.64. The van der Waals surface area contributed by atoms with Crippen molar-refractivity contribution in [3.8, 4) is 0 Å². The summed E-state index contributed by atoms with van der Waals surface area (Å²) in [6.07, 6.45) is 7.60. The minimum atomic E-state index is -0.0760. The molecule has 2 saturated heterocycles. The van der Waals surface area contributed by atoms with E-state index in [9.17, 15) is 4.79 Å². The van der Waals surface area contributed by atoms with Crippen LogP contribution in [0.4, 0.5) is 0 Å². The third kappa shape index (κ3) is 5.02. The summed E-state index contributed by atoms with van der Waals surface area (Å²) in [6, 6.07) is 6.86. The number of carbonyl (C=O) groups excluding carboxylic acids is 1. The van der Waals surface area contributed by atoms with E-state index in [0.717, 1.165) is 57.6 Å². The molecule has 0 spiro atoms. The second-order valence-electron chi connectivity index (χ2n) is 7.64. The van der Waals surface area contributed by atoms with Crippen LogP contribution < -0.4 is 5.32 Å². The number of hydrogen-bond acceptors (Lipinski definition) is 4. The Morgan fingerprint density at radius 3 is 2.72 bits per heavy atom. The lowest BCUT2D eigenvalue weighted by Crippen LogP contribution is -2.54. The number of rotatable bonds is 5. The van der Waals surface area contributed by atoms with Gasteiger partial charge in [-0.3, -0.25) is 14.7 Å². The zero-order valence-electron chi connectivity index (χ0n) is 15.7. The van der Waals surface area contributed by atoms with Crippen LogP contribution in [0.15, 0.2) is 24.4 Å². The number of nitrogens with one attached hydrogen (secondary N) is 1. The second-order valence-corrected chi connectivity index (χ2v) is 7.64. The van der Waals surface area contributed by atoms with E-state index < -0.39 is 0 Å². The van der Waals surface area contributed by atoms with E-state index >= 15 is 0 Å². The Balaban J connectivity index is 1.43. The standard InChI is InChI=1S/C20H32N4O/c1-16-7-4-6-12-24(16)20(25)17(2)22-18-9-13-23(14-10-18)15-19-8-3-5-11-21-19/h3,5,8,11,16-18,22H,4,6-7,9-10,12-15H2,1-2H3. The summed E-state index contributed by atoms with van der Waals surface area (Å²) >= 11 is 0. The number of hydrogen-bond donors (Lipinski definition) is 1. The summed E-state index contributed by atoms with van der Waals surface area (Å²) in [5.74, 6) is 0.281. The molecule has 0 aromatic carbocycles. The first-order chi connectivity index (χ1) is 12.1. The molecule has 1 amide bonds. The van der Waals surface area contributed by atoms with Gasteiger partial charge < -0.3 is 10.2 Å². The van der Waals surface area contributed by atoms with Crippen molar-refractivity contribution in [2.75, 3.05) is 19.6 Å². The van der Waals surface area contributed by atoms with Crippen molar-refractivity contribution < 1.29 is 4.79 Å². The molecule has 1 aromatic rings. The van der Waals surface area contributed by atoms with Gasteiger partial charge in [-0.05, 0) is 58.1 Å². The monoisotopic (exact) mass is 344 g/mol. The Morgan fingerprint density at radius 2 is 2.04 bits per heavy atom. The highest BCUT2D eigenvalue weighted by molar-refractivity contribution is 5.81. The first kappa shape index (κ1) is 18.3. The second kappa shape index (κ2) is 8.77. The minimum absolute atomic E-state index is 0.0760. The maximum Gasteiger partial charge on any atom is 0.239 e. The van der Waals surface area contributed by atoms with Crippen molar-refractivity contribution in [2.24, 2.45) is 0 Å². The predicted molar refractivity (Wildman–Crippen MR) is 100 cm³/mol. The van der Waals surface area contributed by atoms with Crippen molar-refractivity contribution in [3.63, 3.8) is 0 Å². The highest BCUT2D eigenvalue weighted by Gasteiger charge is 2.29. The van der Waals surface area contributed by atoms with Crippen LogP contribution >= 0.6 is 0 Å². The van der Waals surface area contributed by atoms with Crippen LogP contribution in [0.5, 0.6) is 0 Å². The van der Waals surface area contributed by atoms with E-state index in [2.05, 4.69) is 33.1 Å². The molecule has 25 heavy (non-hydrogen) atoms. The summed E-state index contributed by atoms with van der Waals surface area (Å²) in [4.78, 5) is 21.7. The molecule has 2 unspecified atom stereocenters. The molecular formula is C20H32N4O. The molecule has 1 N–H and O–H groups in total. The molecule has 3 heterocycles. The number of aromatic nitrogens is 1. The van der Waals surface area contributed by atoms with Gasteiger partial charge in [0.25, 0.3) is 0 Å². The SMILES string of the molecule is CC(NC1CCN(Cc2ccccn2)CC1)C(=O)N1CCCCC1C. The van der Waals surface area contributed by atoms with E-state index in [1.165, 1.54) is 6.42 Å². The Kier molecular flexibility index (Phi) is 6.43. The number of piperidine rings is 2. The van der Waals surface area contributed by atoms with Gasteiger partial charge in [-0.15, -0.1) is 0 Å². The number of nitrogens with zero attached hydrogens (tertiary/aromatic N) is 3. The van der Waals surface area contributed by atoms with E-state index in [1.54, 1.807) is 0 Å². The van der Waals surface area contributed by atoms with E-state index in [-0.39, 0.29) is 11.9 Å². The highest BCUT2D eigenvalue weighted by atomic mass is 16.2. The first-order valence-corrected chi connectivity index (χ1v) is 9.82. The lowest BCUT2D eigenvalue weighted by Gasteiger charge is -2.37. The van der Waals surface area contributed by atoms with Gasteiger partial charge in [0, 0.05) is 44.5 Å². The summed E-state index contributed by atoms with van der Waals surface area (Å²) in [5.41, 5.74) is 1.14. The van der Waals surface area contributed by atoms with E-state index in [4.69, 9.17) is 0 Å². The number of amides is 1. The molecule has 2 atom stereocenters. The maximum absolute atomic E-state index is 12.7. The lowest BCUT2D eigenvalue weighted by molar-refractivity contribution is -0.136. The summed E-state index contributed by atoms with van der Waals surface area (Å²) < 4.78 is 0. The van der Waals surface area contributed by atoms with E-state index in [1.807, 2.05) is 25.3 Å². The average molecular weight is 345 g/mol. The number of likely N-dealkylation sites (tertiary alicyclic amines) is 2. The van der Waals surface area contributed by atoms with Crippen molar-refractivity contribution in [2.45, 2.75) is 70.6 Å². The number of carbonyl (C=O) groups is 1. The largest absolute Gasteiger partial charge is 0.339 e. The molecule has 138 valence electrons. The van der Waals surface area contributed by atoms with Crippen LogP contribution in [0, 0.1) is 0 Å². The Bertz CT molecular complexity index is 542. The summed E-state index contributed by atoms with van der Waals surface area (Å²) in [5, 5.41) is 3.59. The van der Waals surface area contributed by atoms with Gasteiger partial charge in [0.1, 0.15) is 0 Å². The molecule has 0 aliphatic carbocycles. The van der Waals surface area contributed by atoms with Gasteiger partial charge in [-0.2, -0.15) is 0 Å². The van der Waals surface area contributed by atoms with Gasteiger partial charge in [-0.25, -0.2) is 0 Å². The highest BCUT2D eigenvalue weighted by Crippen LogP contribution is 2.18. The first-order valence-electron chi connectivity index (χ1n) is 9.82. The van der Waals surface area contributed by atoms with Crippen LogP contribution in [0.2, 0.25) is 0 Å². The summed E-state index contributed by atoms with van der Waals surface area (Å²) in [6.45, 7) is 8.19. The molecule has 2 aliphatic rings. The molecule has 0 saturated carbocycles. The van der Waals surface area contributed by atoms with Gasteiger partial charge in [0.05, 0.1) is 11.7 Å². The van der Waals surface area contributed by atoms with Crippen LogP contribution in [0.3, 0.4) is 0 Å². The zero-order chi connectivity index (χ0) is 17.6. The molecule has 0 bridgehead atoms. The molecule has 0 radical (unpaired) electrons. The molecular weight excluding hydrogens is 312 g/mol. The van der Waals surface area contributed by atoms with Gasteiger partial charge in [0.2, 0.25) is 5.91 Å².